The van der Waals surface area contributed by atoms with Crippen LogP contribution in [0.4, 0.5) is 0 Å². The van der Waals surface area contributed by atoms with Crippen LogP contribution >= 0.6 is 23.1 Å². The summed E-state index contributed by atoms with van der Waals surface area (Å²) < 4.78 is 7.80. The third-order valence-corrected chi connectivity index (χ3v) is 3.48. The molecule has 0 atom stereocenters. The van der Waals surface area contributed by atoms with Crippen molar-refractivity contribution in [3.8, 4) is 0 Å². The first-order valence-corrected chi connectivity index (χ1v) is 6.62. The van der Waals surface area contributed by atoms with Crippen molar-refractivity contribution >= 4 is 29.0 Å². The minimum atomic E-state index is -0.105. The molecule has 0 aromatic carbocycles. The quantitative estimate of drug-likeness (QED) is 0.780. The van der Waals surface area contributed by atoms with Gasteiger partial charge in [-0.05, 0) is 11.4 Å². The van der Waals surface area contributed by atoms with E-state index in [-0.39, 0.29) is 5.91 Å². The van der Waals surface area contributed by atoms with Gasteiger partial charge in [-0.25, -0.2) is 0 Å². The van der Waals surface area contributed by atoms with Crippen LogP contribution in [0.5, 0.6) is 0 Å². The Morgan fingerprint density at radius 3 is 3.06 bits per heavy atom. The zero-order valence-electron chi connectivity index (χ0n) is 9.07. The van der Waals surface area contributed by atoms with Gasteiger partial charge in [0.05, 0.1) is 24.5 Å². The van der Waals surface area contributed by atoms with Crippen molar-refractivity contribution in [2.24, 2.45) is 0 Å². The van der Waals surface area contributed by atoms with E-state index >= 15 is 0 Å². The molecule has 2 rings (SSSR count). The molecule has 0 radical (unpaired) electrons. The van der Waals surface area contributed by atoms with Gasteiger partial charge in [-0.1, -0.05) is 12.1 Å². The Bertz CT molecular complexity index is 479. The second-order valence-electron chi connectivity index (χ2n) is 3.35. The molecular formula is C11H11N3OS2. The first-order valence-electron chi connectivity index (χ1n) is 5.01. The van der Waals surface area contributed by atoms with Gasteiger partial charge in [-0.3, -0.25) is 4.79 Å². The Morgan fingerprint density at radius 2 is 2.47 bits per heavy atom. The van der Waals surface area contributed by atoms with Crippen LogP contribution in [-0.2, 0) is 6.54 Å². The lowest BCUT2D eigenvalue weighted by atomic mass is 10.3. The maximum atomic E-state index is 12.1. The van der Waals surface area contributed by atoms with E-state index < -0.39 is 0 Å². The summed E-state index contributed by atoms with van der Waals surface area (Å²) in [6.07, 6.45) is 3.21. The number of hydrogen-bond donors (Lipinski definition) is 0. The van der Waals surface area contributed by atoms with Gasteiger partial charge in [0.25, 0.3) is 5.91 Å². The summed E-state index contributed by atoms with van der Waals surface area (Å²) in [7, 11) is 0. The van der Waals surface area contributed by atoms with E-state index in [9.17, 15) is 4.79 Å². The molecule has 0 aliphatic carbocycles. The molecule has 0 spiro atoms. The number of rotatable bonds is 5. The van der Waals surface area contributed by atoms with E-state index in [1.165, 1.54) is 6.20 Å². The Kier molecular flexibility index (Phi) is 4.00. The second kappa shape index (κ2) is 5.70. The molecule has 0 bridgehead atoms. The summed E-state index contributed by atoms with van der Waals surface area (Å²) in [6, 6.07) is 3.98. The Hall–Kier alpha value is -1.53. The van der Waals surface area contributed by atoms with E-state index in [1.54, 1.807) is 22.3 Å². The lowest BCUT2D eigenvalue weighted by Gasteiger charge is -2.18. The summed E-state index contributed by atoms with van der Waals surface area (Å²) in [5, 5.41) is 2.00. The second-order valence-corrected chi connectivity index (χ2v) is 4.94. The zero-order chi connectivity index (χ0) is 12.1. The van der Waals surface area contributed by atoms with Crippen LogP contribution in [0.15, 0.2) is 36.4 Å². The van der Waals surface area contributed by atoms with Gasteiger partial charge in [0.2, 0.25) is 0 Å². The predicted octanol–water partition coefficient (Wildman–Crippen LogP) is 2.43. The monoisotopic (exact) mass is 265 g/mol. The van der Waals surface area contributed by atoms with Gasteiger partial charge < -0.3 is 4.90 Å². The Balaban J connectivity index is 2.11. The van der Waals surface area contributed by atoms with E-state index in [4.69, 9.17) is 0 Å². The number of hydrogen-bond acceptors (Lipinski definition) is 5. The number of amides is 1. The topological polar surface area (TPSA) is 46.1 Å². The Morgan fingerprint density at radius 1 is 1.59 bits per heavy atom. The molecule has 1 amide bonds. The number of nitrogens with zero attached hydrogens (tertiary/aromatic N) is 3. The van der Waals surface area contributed by atoms with E-state index in [0.717, 1.165) is 16.6 Å². The minimum Gasteiger partial charge on any atom is -0.328 e. The number of carbonyl (C=O) groups excluding carboxylic acids is 1. The highest BCUT2D eigenvalue weighted by Gasteiger charge is 2.17. The van der Waals surface area contributed by atoms with Crippen LogP contribution in [0.1, 0.15) is 15.4 Å². The molecule has 0 saturated carbocycles. The van der Waals surface area contributed by atoms with Gasteiger partial charge in [0.1, 0.15) is 0 Å². The maximum absolute atomic E-state index is 12.1. The third-order valence-electron chi connectivity index (χ3n) is 2.14. The first kappa shape index (κ1) is 11.9. The maximum Gasteiger partial charge on any atom is 0.275 e. The first-order chi connectivity index (χ1) is 8.31. The van der Waals surface area contributed by atoms with Crippen molar-refractivity contribution in [3.63, 3.8) is 0 Å². The van der Waals surface area contributed by atoms with Crippen molar-refractivity contribution in [3.05, 3.63) is 46.9 Å². The fourth-order valence-corrected chi connectivity index (χ4v) is 2.51. The number of carbonyl (C=O) groups is 1. The molecule has 0 aliphatic rings. The average molecular weight is 265 g/mol. The van der Waals surface area contributed by atoms with E-state index in [2.05, 4.69) is 15.3 Å². The summed E-state index contributed by atoms with van der Waals surface area (Å²) in [4.78, 5) is 15.0. The highest BCUT2D eigenvalue weighted by molar-refractivity contribution is 7.09. The normalized spacial score (nSPS) is 10.1. The standard InChI is InChI=1S/C11H11N3OS2/c1-2-5-14(8-9-4-3-6-16-9)11(15)10-7-12-17-13-10/h2-4,6-7H,1,5,8H2. The fourth-order valence-electron chi connectivity index (χ4n) is 1.39. The van der Waals surface area contributed by atoms with Gasteiger partial charge in [0.15, 0.2) is 5.69 Å². The van der Waals surface area contributed by atoms with Crippen molar-refractivity contribution < 1.29 is 4.79 Å². The molecule has 2 heterocycles. The van der Waals surface area contributed by atoms with Crippen LogP contribution < -0.4 is 0 Å². The van der Waals surface area contributed by atoms with Crippen LogP contribution in [0, 0.1) is 0 Å². The van der Waals surface area contributed by atoms with Crippen molar-refractivity contribution in [1.29, 1.82) is 0 Å². The lowest BCUT2D eigenvalue weighted by molar-refractivity contribution is 0.0759. The molecule has 88 valence electrons. The zero-order valence-corrected chi connectivity index (χ0v) is 10.7. The summed E-state index contributed by atoms with van der Waals surface area (Å²) in [5.74, 6) is -0.105. The SMILES string of the molecule is C=CCN(Cc1cccs1)C(=O)c1cnsn1. The Labute approximate surface area is 108 Å². The highest BCUT2D eigenvalue weighted by atomic mass is 32.1. The fraction of sp³-hybridized carbons (Fsp3) is 0.182. The largest absolute Gasteiger partial charge is 0.328 e. The minimum absolute atomic E-state index is 0.105. The summed E-state index contributed by atoms with van der Waals surface area (Å²) in [5.41, 5.74) is 0.397. The van der Waals surface area contributed by atoms with Gasteiger partial charge >= 0.3 is 0 Å². The van der Waals surface area contributed by atoms with Crippen molar-refractivity contribution in [2.45, 2.75) is 6.54 Å². The molecule has 2 aromatic rings. The number of thiophene rings is 1. The molecule has 4 nitrogen and oxygen atoms in total. The van der Waals surface area contributed by atoms with Crippen LogP contribution in [0.25, 0.3) is 0 Å². The molecule has 2 aromatic heterocycles. The molecule has 0 unspecified atom stereocenters. The van der Waals surface area contributed by atoms with Crippen LogP contribution in [0.2, 0.25) is 0 Å². The molecule has 0 saturated heterocycles. The number of aromatic nitrogens is 2. The molecular weight excluding hydrogens is 254 g/mol. The van der Waals surface area contributed by atoms with Gasteiger partial charge in [0, 0.05) is 11.4 Å². The molecule has 6 heteroatoms. The highest BCUT2D eigenvalue weighted by Crippen LogP contribution is 2.13. The van der Waals surface area contributed by atoms with Gasteiger partial charge in [-0.15, -0.1) is 17.9 Å². The smallest absolute Gasteiger partial charge is 0.275 e. The van der Waals surface area contributed by atoms with Crippen molar-refractivity contribution in [1.82, 2.24) is 13.6 Å². The van der Waals surface area contributed by atoms with Crippen LogP contribution in [-0.4, -0.2) is 26.1 Å². The summed E-state index contributed by atoms with van der Waals surface area (Å²) >= 11 is 2.67. The molecule has 0 aliphatic heterocycles. The van der Waals surface area contributed by atoms with Gasteiger partial charge in [-0.2, -0.15) is 8.75 Å². The molecule has 17 heavy (non-hydrogen) atoms. The molecule has 0 fully saturated rings. The van der Waals surface area contributed by atoms with E-state index in [0.29, 0.717) is 18.8 Å². The molecule has 0 N–H and O–H groups in total. The average Bonchev–Trinajstić information content (AvgIpc) is 3.00. The van der Waals surface area contributed by atoms with E-state index in [1.807, 2.05) is 17.5 Å². The lowest BCUT2D eigenvalue weighted by Crippen LogP contribution is -2.30. The predicted molar refractivity (Wildman–Crippen MR) is 69.2 cm³/mol. The van der Waals surface area contributed by atoms with Crippen molar-refractivity contribution in [2.75, 3.05) is 6.54 Å². The van der Waals surface area contributed by atoms with Crippen LogP contribution in [0.3, 0.4) is 0 Å². The summed E-state index contributed by atoms with van der Waals surface area (Å²) in [6.45, 7) is 4.76. The third kappa shape index (κ3) is 2.98.